The minimum absolute atomic E-state index is 0.148. The molecule has 2 heterocycles. The Hall–Kier alpha value is -1.12. The first-order valence-electron chi connectivity index (χ1n) is 4.77. The molecule has 0 fully saturated rings. The molecule has 5 nitrogen and oxygen atoms in total. The van der Waals surface area contributed by atoms with Crippen molar-refractivity contribution >= 4 is 45.9 Å². The molecule has 0 unspecified atom stereocenters. The molecule has 1 N–H and O–H groups in total. The summed E-state index contributed by atoms with van der Waals surface area (Å²) in [5, 5.41) is 11.9. The standard InChI is InChI=1S/C9H10N4OS3/c1-4-6(16-9(15)13(4)3)7-11-12-8(17-7)10-5(2)14/h1-3H3,(H,10,12,14). The molecule has 0 aliphatic carbocycles. The smallest absolute Gasteiger partial charge is 0.223 e. The first kappa shape index (κ1) is 12.3. The lowest BCUT2D eigenvalue weighted by molar-refractivity contribution is -0.114. The van der Waals surface area contributed by atoms with Gasteiger partial charge < -0.3 is 9.88 Å². The van der Waals surface area contributed by atoms with E-state index in [2.05, 4.69) is 15.5 Å². The number of carbonyl (C=O) groups excluding carboxylic acids is 1. The van der Waals surface area contributed by atoms with Crippen LogP contribution >= 0.6 is 34.9 Å². The number of amides is 1. The van der Waals surface area contributed by atoms with Gasteiger partial charge in [-0.1, -0.05) is 11.3 Å². The van der Waals surface area contributed by atoms with Crippen molar-refractivity contribution in [2.75, 3.05) is 5.32 Å². The summed E-state index contributed by atoms with van der Waals surface area (Å²) < 4.78 is 2.74. The van der Waals surface area contributed by atoms with E-state index < -0.39 is 0 Å². The molecule has 0 aliphatic heterocycles. The highest BCUT2D eigenvalue weighted by molar-refractivity contribution is 7.73. The molecule has 0 spiro atoms. The van der Waals surface area contributed by atoms with Crippen LogP contribution < -0.4 is 5.32 Å². The zero-order valence-corrected chi connectivity index (χ0v) is 11.9. The zero-order chi connectivity index (χ0) is 12.6. The van der Waals surface area contributed by atoms with Gasteiger partial charge in [-0.05, 0) is 19.1 Å². The molecule has 2 aromatic heterocycles. The van der Waals surface area contributed by atoms with Crippen LogP contribution in [-0.2, 0) is 11.8 Å². The number of thiazole rings is 1. The van der Waals surface area contributed by atoms with Crippen molar-refractivity contribution in [2.45, 2.75) is 13.8 Å². The molecule has 90 valence electrons. The Morgan fingerprint density at radius 1 is 1.41 bits per heavy atom. The summed E-state index contributed by atoms with van der Waals surface area (Å²) in [6, 6.07) is 0. The number of carbonyl (C=O) groups is 1. The largest absolute Gasteiger partial charge is 0.330 e. The molecule has 0 radical (unpaired) electrons. The molecule has 8 heteroatoms. The lowest BCUT2D eigenvalue weighted by Gasteiger charge is -1.95. The maximum absolute atomic E-state index is 10.9. The number of hydrogen-bond acceptors (Lipinski definition) is 6. The van der Waals surface area contributed by atoms with E-state index in [1.165, 1.54) is 29.6 Å². The minimum atomic E-state index is -0.148. The van der Waals surface area contributed by atoms with Crippen molar-refractivity contribution in [1.82, 2.24) is 14.8 Å². The van der Waals surface area contributed by atoms with E-state index >= 15 is 0 Å². The molecule has 2 rings (SSSR count). The van der Waals surface area contributed by atoms with Crippen molar-refractivity contribution in [3.05, 3.63) is 9.65 Å². The summed E-state index contributed by atoms with van der Waals surface area (Å²) in [6.07, 6.45) is 0. The van der Waals surface area contributed by atoms with Crippen LogP contribution in [0.3, 0.4) is 0 Å². The predicted octanol–water partition coefficient (Wildman–Crippen LogP) is 2.60. The second-order valence-electron chi connectivity index (χ2n) is 3.44. The third kappa shape index (κ3) is 2.43. The number of aromatic nitrogens is 3. The van der Waals surface area contributed by atoms with Gasteiger partial charge in [0.15, 0.2) is 8.96 Å². The molecule has 0 atom stereocenters. The van der Waals surface area contributed by atoms with Crippen LogP contribution in [0.4, 0.5) is 5.13 Å². The van der Waals surface area contributed by atoms with E-state index in [9.17, 15) is 4.79 Å². The van der Waals surface area contributed by atoms with Crippen LogP contribution in [0.25, 0.3) is 9.88 Å². The van der Waals surface area contributed by atoms with Gasteiger partial charge in [-0.2, -0.15) is 0 Å². The minimum Gasteiger partial charge on any atom is -0.330 e. The van der Waals surface area contributed by atoms with Crippen LogP contribution in [0.2, 0.25) is 0 Å². The molecular weight excluding hydrogens is 276 g/mol. The maximum Gasteiger partial charge on any atom is 0.223 e. The van der Waals surface area contributed by atoms with Gasteiger partial charge in [0.05, 0.1) is 4.88 Å². The first-order valence-corrected chi connectivity index (χ1v) is 6.81. The highest BCUT2D eigenvalue weighted by atomic mass is 32.1. The van der Waals surface area contributed by atoms with Gasteiger partial charge in [0.1, 0.15) is 0 Å². The molecule has 0 bridgehead atoms. The molecule has 0 saturated carbocycles. The van der Waals surface area contributed by atoms with Crippen LogP contribution in [-0.4, -0.2) is 20.7 Å². The number of nitrogens with zero attached hydrogens (tertiary/aromatic N) is 3. The second kappa shape index (κ2) is 4.63. The summed E-state index contributed by atoms with van der Waals surface area (Å²) in [6.45, 7) is 3.43. The highest BCUT2D eigenvalue weighted by Gasteiger charge is 2.14. The van der Waals surface area contributed by atoms with Crippen molar-refractivity contribution < 1.29 is 4.79 Å². The van der Waals surface area contributed by atoms with Crippen molar-refractivity contribution in [3.63, 3.8) is 0 Å². The third-order valence-electron chi connectivity index (χ3n) is 2.20. The molecule has 0 saturated heterocycles. The Balaban J connectivity index is 2.40. The lowest BCUT2D eigenvalue weighted by Crippen LogP contribution is -2.04. The summed E-state index contributed by atoms with van der Waals surface area (Å²) in [4.78, 5) is 11.9. The first-order chi connectivity index (χ1) is 7.99. The van der Waals surface area contributed by atoms with E-state index in [1.807, 2.05) is 18.5 Å². The van der Waals surface area contributed by atoms with Crippen molar-refractivity contribution in [1.29, 1.82) is 0 Å². The Bertz CT molecular complexity index is 624. The monoisotopic (exact) mass is 286 g/mol. The number of nitrogens with one attached hydrogen (secondary N) is 1. The fourth-order valence-corrected chi connectivity index (χ4v) is 3.51. The maximum atomic E-state index is 10.9. The number of hydrogen-bond donors (Lipinski definition) is 1. The second-order valence-corrected chi connectivity index (χ2v) is 6.06. The van der Waals surface area contributed by atoms with Gasteiger partial charge in [-0.15, -0.1) is 21.5 Å². The van der Waals surface area contributed by atoms with Crippen LogP contribution in [0.15, 0.2) is 0 Å². The average molecular weight is 286 g/mol. The topological polar surface area (TPSA) is 59.8 Å². The van der Waals surface area contributed by atoms with Crippen molar-refractivity contribution in [3.8, 4) is 9.88 Å². The van der Waals surface area contributed by atoms with Gasteiger partial charge in [0, 0.05) is 19.7 Å². The Kier molecular flexibility index (Phi) is 3.36. The van der Waals surface area contributed by atoms with Gasteiger partial charge >= 0.3 is 0 Å². The van der Waals surface area contributed by atoms with Gasteiger partial charge in [0.2, 0.25) is 11.0 Å². The number of anilines is 1. The quantitative estimate of drug-likeness (QED) is 0.862. The molecule has 0 aromatic carbocycles. The van der Waals surface area contributed by atoms with E-state index in [-0.39, 0.29) is 5.91 Å². The van der Waals surface area contributed by atoms with Crippen LogP contribution in [0.1, 0.15) is 12.6 Å². The summed E-state index contributed by atoms with van der Waals surface area (Å²) >= 11 is 8.05. The predicted molar refractivity (Wildman–Crippen MR) is 72.1 cm³/mol. The normalized spacial score (nSPS) is 10.5. The van der Waals surface area contributed by atoms with Gasteiger partial charge in [-0.25, -0.2) is 0 Å². The van der Waals surface area contributed by atoms with Crippen LogP contribution in [0.5, 0.6) is 0 Å². The average Bonchev–Trinajstić information content (AvgIpc) is 2.78. The van der Waals surface area contributed by atoms with E-state index in [0.717, 1.165) is 19.5 Å². The van der Waals surface area contributed by atoms with Gasteiger partial charge in [0.25, 0.3) is 0 Å². The molecule has 0 aliphatic rings. The molecule has 1 amide bonds. The number of rotatable bonds is 2. The fourth-order valence-electron chi connectivity index (χ4n) is 1.23. The van der Waals surface area contributed by atoms with E-state index in [0.29, 0.717) is 5.13 Å². The summed E-state index contributed by atoms with van der Waals surface area (Å²) in [5.41, 5.74) is 1.06. The third-order valence-corrected chi connectivity index (χ3v) is 4.85. The SMILES string of the molecule is CC(=O)Nc1nnc(-c2sc(=S)n(C)c2C)s1. The van der Waals surface area contributed by atoms with Crippen LogP contribution in [0, 0.1) is 10.9 Å². The Morgan fingerprint density at radius 3 is 2.65 bits per heavy atom. The van der Waals surface area contributed by atoms with Crippen molar-refractivity contribution in [2.24, 2.45) is 7.05 Å². The Morgan fingerprint density at radius 2 is 2.12 bits per heavy atom. The molecular formula is C9H10N4OS3. The zero-order valence-electron chi connectivity index (χ0n) is 9.47. The lowest BCUT2D eigenvalue weighted by atomic mass is 10.4. The Labute approximate surface area is 111 Å². The van der Waals surface area contributed by atoms with Gasteiger partial charge in [-0.3, -0.25) is 4.79 Å². The van der Waals surface area contributed by atoms with E-state index in [4.69, 9.17) is 12.2 Å². The summed E-state index contributed by atoms with van der Waals surface area (Å²) in [5.74, 6) is -0.148. The molecule has 2 aromatic rings. The van der Waals surface area contributed by atoms with E-state index in [1.54, 1.807) is 0 Å². The highest BCUT2D eigenvalue weighted by Crippen LogP contribution is 2.33. The molecule has 17 heavy (non-hydrogen) atoms. The summed E-state index contributed by atoms with van der Waals surface area (Å²) in [7, 11) is 1.92. The fraction of sp³-hybridized carbons (Fsp3) is 0.333.